The Kier molecular flexibility index (Phi) is 4.74. The summed E-state index contributed by atoms with van der Waals surface area (Å²) in [6.07, 6.45) is 5.50. The molecule has 0 radical (unpaired) electrons. The predicted octanol–water partition coefficient (Wildman–Crippen LogP) is 2.55. The first-order valence-electron chi connectivity index (χ1n) is 8.41. The van der Waals surface area contributed by atoms with Gasteiger partial charge in [-0.1, -0.05) is 31.9 Å². The average Bonchev–Trinajstić information content (AvgIpc) is 2.55. The van der Waals surface area contributed by atoms with Crippen molar-refractivity contribution in [2.24, 2.45) is 5.92 Å². The van der Waals surface area contributed by atoms with Crippen molar-refractivity contribution < 1.29 is 4.79 Å². The maximum absolute atomic E-state index is 12.1. The molecule has 3 rings (SSSR count). The Morgan fingerprint density at radius 2 is 2.09 bits per heavy atom. The number of nitrogens with one attached hydrogen (secondary N) is 2. The van der Waals surface area contributed by atoms with E-state index in [2.05, 4.69) is 22.2 Å². The molecule has 1 aromatic carbocycles. The number of carbonyl (C=O) groups is 1. The number of rotatable bonds is 4. The highest BCUT2D eigenvalue weighted by atomic mass is 16.1. The number of H-pyrrole nitrogens is 1. The van der Waals surface area contributed by atoms with E-state index in [9.17, 15) is 9.59 Å². The van der Waals surface area contributed by atoms with Gasteiger partial charge >= 0.3 is 0 Å². The van der Waals surface area contributed by atoms with E-state index in [1.807, 2.05) is 18.2 Å². The van der Waals surface area contributed by atoms with Crippen LogP contribution in [0, 0.1) is 5.92 Å². The Morgan fingerprint density at radius 3 is 2.91 bits per heavy atom. The second-order valence-electron chi connectivity index (χ2n) is 6.47. The van der Waals surface area contributed by atoms with Gasteiger partial charge in [0.1, 0.15) is 5.82 Å². The van der Waals surface area contributed by atoms with E-state index >= 15 is 0 Å². The zero-order valence-corrected chi connectivity index (χ0v) is 13.5. The summed E-state index contributed by atoms with van der Waals surface area (Å²) < 4.78 is 0. The minimum absolute atomic E-state index is 0.0413. The molecule has 1 aliphatic carbocycles. The van der Waals surface area contributed by atoms with Crippen LogP contribution in [0.4, 0.5) is 0 Å². The van der Waals surface area contributed by atoms with Crippen LogP contribution < -0.4 is 10.9 Å². The lowest BCUT2D eigenvalue weighted by molar-refractivity contribution is -0.122. The summed E-state index contributed by atoms with van der Waals surface area (Å²) in [6, 6.07) is 7.54. The molecule has 122 valence electrons. The molecule has 5 heteroatoms. The second-order valence-corrected chi connectivity index (χ2v) is 6.47. The highest BCUT2D eigenvalue weighted by Gasteiger charge is 2.22. The fraction of sp³-hybridized carbons (Fsp3) is 0.500. The van der Waals surface area contributed by atoms with Gasteiger partial charge in [0.2, 0.25) is 5.91 Å². The summed E-state index contributed by atoms with van der Waals surface area (Å²) in [6.45, 7) is 2.20. The molecule has 2 aromatic rings. The fourth-order valence-corrected chi connectivity index (χ4v) is 3.29. The van der Waals surface area contributed by atoms with E-state index in [0.717, 1.165) is 6.42 Å². The number of aryl methyl sites for hydroxylation is 1. The topological polar surface area (TPSA) is 74.8 Å². The molecule has 2 unspecified atom stereocenters. The Hall–Kier alpha value is -2.17. The van der Waals surface area contributed by atoms with Crippen molar-refractivity contribution in [3.8, 4) is 0 Å². The largest absolute Gasteiger partial charge is 0.353 e. The van der Waals surface area contributed by atoms with Crippen LogP contribution >= 0.6 is 0 Å². The van der Waals surface area contributed by atoms with Gasteiger partial charge in [0.25, 0.3) is 5.56 Å². The van der Waals surface area contributed by atoms with Crippen LogP contribution in [0.5, 0.6) is 0 Å². The quantitative estimate of drug-likeness (QED) is 0.911. The molecule has 2 atom stereocenters. The summed E-state index contributed by atoms with van der Waals surface area (Å²) in [5, 5.41) is 3.71. The average molecular weight is 313 g/mol. The molecule has 1 saturated carbocycles. The van der Waals surface area contributed by atoms with Gasteiger partial charge in [-0.3, -0.25) is 9.59 Å². The summed E-state index contributed by atoms with van der Waals surface area (Å²) >= 11 is 0. The van der Waals surface area contributed by atoms with Gasteiger partial charge in [-0.15, -0.1) is 0 Å². The summed E-state index contributed by atoms with van der Waals surface area (Å²) in [5.41, 5.74) is 0.527. The van der Waals surface area contributed by atoms with Gasteiger partial charge in [0, 0.05) is 18.9 Å². The fourth-order valence-electron chi connectivity index (χ4n) is 3.29. The number of benzene rings is 1. The zero-order valence-electron chi connectivity index (χ0n) is 13.5. The number of nitrogens with zero attached hydrogens (tertiary/aromatic N) is 1. The zero-order chi connectivity index (χ0) is 16.2. The Bertz CT molecular complexity index is 753. The SMILES string of the molecule is CC1CCCCC1NC(=O)CCc1nc2ccccc2c(=O)[nH]1. The molecule has 5 nitrogen and oxygen atoms in total. The maximum atomic E-state index is 12.1. The number of para-hydroxylation sites is 1. The van der Waals surface area contributed by atoms with Crippen LogP contribution in [0.25, 0.3) is 10.9 Å². The summed E-state index contributed by atoms with van der Waals surface area (Å²) in [4.78, 5) is 31.4. The third kappa shape index (κ3) is 3.78. The molecule has 23 heavy (non-hydrogen) atoms. The molecule has 0 aliphatic heterocycles. The van der Waals surface area contributed by atoms with Crippen LogP contribution in [0.3, 0.4) is 0 Å². The Labute approximate surface area is 135 Å². The first-order chi connectivity index (χ1) is 11.1. The minimum Gasteiger partial charge on any atom is -0.353 e. The van der Waals surface area contributed by atoms with Gasteiger partial charge in [-0.25, -0.2) is 4.98 Å². The first kappa shape index (κ1) is 15.7. The van der Waals surface area contributed by atoms with Gasteiger partial charge < -0.3 is 10.3 Å². The third-order valence-electron chi connectivity index (χ3n) is 4.71. The van der Waals surface area contributed by atoms with E-state index in [1.54, 1.807) is 6.07 Å². The third-order valence-corrected chi connectivity index (χ3v) is 4.71. The van der Waals surface area contributed by atoms with Crippen LogP contribution in [0.1, 0.15) is 44.9 Å². The Morgan fingerprint density at radius 1 is 1.30 bits per heavy atom. The number of amides is 1. The number of carbonyl (C=O) groups excluding carboxylic acids is 1. The minimum atomic E-state index is -0.146. The maximum Gasteiger partial charge on any atom is 0.258 e. The van der Waals surface area contributed by atoms with Crippen molar-refractivity contribution >= 4 is 16.8 Å². The highest BCUT2D eigenvalue weighted by molar-refractivity contribution is 5.78. The smallest absolute Gasteiger partial charge is 0.258 e. The molecule has 1 amide bonds. The predicted molar refractivity (Wildman–Crippen MR) is 90.2 cm³/mol. The van der Waals surface area contributed by atoms with Gasteiger partial charge in [-0.05, 0) is 30.9 Å². The lowest BCUT2D eigenvalue weighted by Crippen LogP contribution is -2.41. The highest BCUT2D eigenvalue weighted by Crippen LogP contribution is 2.23. The van der Waals surface area contributed by atoms with E-state index in [0.29, 0.717) is 41.5 Å². The van der Waals surface area contributed by atoms with E-state index in [-0.39, 0.29) is 11.5 Å². The van der Waals surface area contributed by atoms with Crippen molar-refractivity contribution in [2.75, 3.05) is 0 Å². The van der Waals surface area contributed by atoms with E-state index in [4.69, 9.17) is 0 Å². The van der Waals surface area contributed by atoms with Crippen molar-refractivity contribution in [3.05, 3.63) is 40.4 Å². The lowest BCUT2D eigenvalue weighted by atomic mass is 9.86. The normalized spacial score (nSPS) is 21.3. The number of aromatic amines is 1. The van der Waals surface area contributed by atoms with E-state index < -0.39 is 0 Å². The standard InChI is InChI=1S/C18H23N3O2/c1-12-6-2-4-8-14(12)20-17(22)11-10-16-19-15-9-5-3-7-13(15)18(23)21-16/h3,5,7,9,12,14H,2,4,6,8,10-11H2,1H3,(H,20,22)(H,19,21,23). The molecule has 1 heterocycles. The molecule has 0 spiro atoms. The van der Waals surface area contributed by atoms with Crippen molar-refractivity contribution in [3.63, 3.8) is 0 Å². The van der Waals surface area contributed by atoms with Crippen molar-refractivity contribution in [2.45, 2.75) is 51.5 Å². The molecule has 2 N–H and O–H groups in total. The van der Waals surface area contributed by atoms with Crippen LogP contribution in [0.15, 0.2) is 29.1 Å². The second kappa shape index (κ2) is 6.94. The van der Waals surface area contributed by atoms with Gasteiger partial charge in [0.15, 0.2) is 0 Å². The van der Waals surface area contributed by atoms with Gasteiger partial charge in [0.05, 0.1) is 10.9 Å². The number of aromatic nitrogens is 2. The number of fused-ring (bicyclic) bond motifs is 1. The molecular weight excluding hydrogens is 290 g/mol. The van der Waals surface area contributed by atoms with Crippen LogP contribution in [-0.4, -0.2) is 21.9 Å². The van der Waals surface area contributed by atoms with Crippen LogP contribution in [0.2, 0.25) is 0 Å². The molecule has 0 saturated heterocycles. The Balaban J connectivity index is 1.61. The molecule has 0 bridgehead atoms. The molecular formula is C18H23N3O2. The summed E-state index contributed by atoms with van der Waals surface area (Å²) in [7, 11) is 0. The monoisotopic (exact) mass is 313 g/mol. The molecule has 1 aromatic heterocycles. The van der Waals surface area contributed by atoms with Crippen molar-refractivity contribution in [1.82, 2.24) is 15.3 Å². The van der Waals surface area contributed by atoms with Crippen molar-refractivity contribution in [1.29, 1.82) is 0 Å². The van der Waals surface area contributed by atoms with Crippen LogP contribution in [-0.2, 0) is 11.2 Å². The molecule has 1 fully saturated rings. The van der Waals surface area contributed by atoms with E-state index in [1.165, 1.54) is 19.3 Å². The summed E-state index contributed by atoms with van der Waals surface area (Å²) in [5.74, 6) is 1.16. The number of hydrogen-bond acceptors (Lipinski definition) is 3. The lowest BCUT2D eigenvalue weighted by Gasteiger charge is -2.29. The first-order valence-corrected chi connectivity index (χ1v) is 8.41. The van der Waals surface area contributed by atoms with Gasteiger partial charge in [-0.2, -0.15) is 0 Å². The molecule has 1 aliphatic rings. The number of hydrogen-bond donors (Lipinski definition) is 2.